The maximum Gasteiger partial charge on any atom is 0.414 e. The van der Waals surface area contributed by atoms with Gasteiger partial charge in [0, 0.05) is 54.8 Å². The number of aromatic nitrogens is 1. The van der Waals surface area contributed by atoms with Gasteiger partial charge in [-0.25, -0.2) is 13.6 Å². The number of fused-ring (bicyclic) bond motifs is 2. The molecule has 2 atom stereocenters. The van der Waals surface area contributed by atoms with Crippen LogP contribution in [0.2, 0.25) is 0 Å². The Hall–Kier alpha value is -3.67. The molecule has 1 saturated heterocycles. The molecule has 43 heavy (non-hydrogen) atoms. The maximum atomic E-state index is 14.3. The van der Waals surface area contributed by atoms with Crippen LogP contribution in [0.3, 0.4) is 0 Å². The quantitative estimate of drug-likeness (QED) is 0.208. The molecule has 4 aromatic rings. The number of furan rings is 1. The molecular formula is C32H37F2N3O6. The van der Waals surface area contributed by atoms with Crippen LogP contribution in [0.5, 0.6) is 11.6 Å². The summed E-state index contributed by atoms with van der Waals surface area (Å²) in [4.78, 5) is 18.1. The fourth-order valence-corrected chi connectivity index (χ4v) is 6.33. The van der Waals surface area contributed by atoms with E-state index in [0.29, 0.717) is 54.3 Å². The summed E-state index contributed by atoms with van der Waals surface area (Å²) in [5.41, 5.74) is 0.482. The van der Waals surface area contributed by atoms with Crippen LogP contribution in [0.1, 0.15) is 51.0 Å². The number of nitrogens with zero attached hydrogens (tertiary/aromatic N) is 1. The van der Waals surface area contributed by atoms with Crippen LogP contribution in [0, 0.1) is 17.6 Å². The van der Waals surface area contributed by atoms with Crippen molar-refractivity contribution < 1.29 is 37.7 Å². The molecule has 1 aliphatic carbocycles. The van der Waals surface area contributed by atoms with Crippen LogP contribution in [0.4, 0.5) is 13.6 Å². The highest BCUT2D eigenvalue weighted by Crippen LogP contribution is 2.34. The molecule has 1 saturated carbocycles. The van der Waals surface area contributed by atoms with Crippen molar-refractivity contribution in [3.8, 4) is 11.6 Å². The molecule has 1 amide bonds. The number of aliphatic hydroxyl groups excluding tert-OH is 1. The van der Waals surface area contributed by atoms with Crippen molar-refractivity contribution in [3.05, 3.63) is 59.9 Å². The smallest absolute Gasteiger partial charge is 0.414 e. The van der Waals surface area contributed by atoms with Gasteiger partial charge in [0.05, 0.1) is 28.9 Å². The third kappa shape index (κ3) is 6.63. The Morgan fingerprint density at radius 2 is 2.02 bits per heavy atom. The minimum Gasteiger partial charge on any atom is -0.488 e. The molecule has 2 fully saturated rings. The summed E-state index contributed by atoms with van der Waals surface area (Å²) in [6.07, 6.45) is 4.47. The Morgan fingerprint density at radius 3 is 2.81 bits per heavy atom. The van der Waals surface area contributed by atoms with E-state index in [2.05, 4.69) is 22.1 Å². The molecule has 0 radical (unpaired) electrons. The minimum atomic E-state index is -0.750. The Labute approximate surface area is 247 Å². The van der Waals surface area contributed by atoms with E-state index in [0.717, 1.165) is 38.2 Å². The largest absolute Gasteiger partial charge is 0.488 e. The predicted molar refractivity (Wildman–Crippen MR) is 156 cm³/mol. The number of rotatable bonds is 8. The highest BCUT2D eigenvalue weighted by atomic mass is 19.1. The van der Waals surface area contributed by atoms with E-state index in [9.17, 15) is 23.8 Å². The van der Waals surface area contributed by atoms with Gasteiger partial charge in [-0.2, -0.15) is 0 Å². The highest BCUT2D eigenvalue weighted by molar-refractivity contribution is 5.88. The van der Waals surface area contributed by atoms with Crippen molar-refractivity contribution in [2.75, 3.05) is 19.6 Å². The third-order valence-electron chi connectivity index (χ3n) is 8.93. The predicted octanol–water partition coefficient (Wildman–Crippen LogP) is 5.63. The lowest BCUT2D eigenvalue weighted by molar-refractivity contribution is -0.0271. The number of likely N-dealkylation sites (tertiary alicyclic amines) is 1. The first-order valence-corrected chi connectivity index (χ1v) is 14.9. The van der Waals surface area contributed by atoms with E-state index in [1.165, 1.54) is 6.26 Å². The summed E-state index contributed by atoms with van der Waals surface area (Å²) in [5, 5.41) is 24.8. The third-order valence-corrected chi connectivity index (χ3v) is 8.93. The molecule has 4 N–H and O–H groups in total. The zero-order valence-corrected chi connectivity index (χ0v) is 24.1. The highest BCUT2D eigenvalue weighted by Gasteiger charge is 2.35. The fraction of sp³-hybridized carbons (Fsp3) is 0.469. The summed E-state index contributed by atoms with van der Waals surface area (Å²) in [5.74, 6) is -0.464. The topological polar surface area (TPSA) is 120 Å². The molecule has 2 aliphatic rings. The van der Waals surface area contributed by atoms with Gasteiger partial charge in [0.15, 0.2) is 0 Å². The van der Waals surface area contributed by atoms with E-state index in [1.807, 2.05) is 6.07 Å². The Kier molecular flexibility index (Phi) is 8.30. The molecule has 0 bridgehead atoms. The van der Waals surface area contributed by atoms with Crippen molar-refractivity contribution in [3.63, 3.8) is 0 Å². The van der Waals surface area contributed by atoms with Crippen molar-refractivity contribution in [2.24, 2.45) is 5.92 Å². The number of benzene rings is 2. The minimum absolute atomic E-state index is 0.00910. The van der Waals surface area contributed by atoms with E-state index in [4.69, 9.17) is 13.9 Å². The normalized spacial score (nSPS) is 24.8. The van der Waals surface area contributed by atoms with Crippen molar-refractivity contribution >= 4 is 28.0 Å². The van der Waals surface area contributed by atoms with Gasteiger partial charge in [0.25, 0.3) is 0 Å². The average Bonchev–Trinajstić information content (AvgIpc) is 3.58. The lowest BCUT2D eigenvalue weighted by atomic mass is 9.80. The molecule has 1 aliphatic heterocycles. The number of halogens is 2. The number of aromatic amines is 1. The molecule has 9 nitrogen and oxygen atoms in total. The molecule has 11 heteroatoms. The zero-order chi connectivity index (χ0) is 30.1. The van der Waals surface area contributed by atoms with Crippen LogP contribution >= 0.6 is 0 Å². The standard InChI is InChI=1S/C32H37F2N3O6/c1-19-16-37(11-7-26(19)38)12-10-32(40)8-5-22(6-9-32)35-31(39)43-29-15-23-25(36-29)3-2-4-27(23)41-17-20-18-42-28-14-21(33)13-24(34)30(20)28/h2-4,13-15,18-19,22,26,36,38,40H,5-12,16-17H2,1H3,(H,35,39)/t19-,22?,26-,32?/m0/s1. The number of hydrogen-bond donors (Lipinski definition) is 4. The number of hydrogen-bond acceptors (Lipinski definition) is 7. The number of carbonyl (C=O) groups excluding carboxylic acids is 1. The van der Waals surface area contributed by atoms with E-state index in [1.54, 1.807) is 18.2 Å². The van der Waals surface area contributed by atoms with Gasteiger partial charge in [0.1, 0.15) is 29.6 Å². The van der Waals surface area contributed by atoms with Gasteiger partial charge < -0.3 is 39.3 Å². The first kappa shape index (κ1) is 29.4. The molecule has 2 aromatic heterocycles. The second-order valence-corrected chi connectivity index (χ2v) is 12.1. The molecule has 0 unspecified atom stereocenters. The van der Waals surface area contributed by atoms with E-state index >= 15 is 0 Å². The zero-order valence-electron chi connectivity index (χ0n) is 24.1. The number of piperidine rings is 1. The average molecular weight is 598 g/mol. The summed E-state index contributed by atoms with van der Waals surface area (Å²) >= 11 is 0. The molecule has 2 aromatic carbocycles. The van der Waals surface area contributed by atoms with Crippen molar-refractivity contribution in [1.29, 1.82) is 0 Å². The van der Waals surface area contributed by atoms with E-state index in [-0.39, 0.29) is 41.5 Å². The Morgan fingerprint density at radius 1 is 1.21 bits per heavy atom. The number of carbonyl (C=O) groups is 1. The number of aliphatic hydroxyl groups is 2. The van der Waals surface area contributed by atoms with Crippen molar-refractivity contribution in [2.45, 2.75) is 69.8 Å². The number of ether oxygens (including phenoxy) is 2. The van der Waals surface area contributed by atoms with Crippen LogP contribution in [-0.2, 0) is 6.61 Å². The van der Waals surface area contributed by atoms with Gasteiger partial charge >= 0.3 is 6.09 Å². The van der Waals surface area contributed by atoms with Gasteiger partial charge in [-0.15, -0.1) is 0 Å². The van der Waals surface area contributed by atoms with Crippen LogP contribution < -0.4 is 14.8 Å². The lowest BCUT2D eigenvalue weighted by Crippen LogP contribution is -2.47. The van der Waals surface area contributed by atoms with Gasteiger partial charge in [-0.1, -0.05) is 13.0 Å². The van der Waals surface area contributed by atoms with E-state index < -0.39 is 23.3 Å². The first-order chi connectivity index (χ1) is 20.7. The second kappa shape index (κ2) is 12.1. The van der Waals surface area contributed by atoms with Crippen LogP contribution in [-0.4, -0.2) is 63.6 Å². The molecular weight excluding hydrogens is 560 g/mol. The number of amides is 1. The monoisotopic (exact) mass is 597 g/mol. The lowest BCUT2D eigenvalue weighted by Gasteiger charge is -2.39. The Balaban J connectivity index is 1.01. The fourth-order valence-electron chi connectivity index (χ4n) is 6.33. The summed E-state index contributed by atoms with van der Waals surface area (Å²) in [6, 6.07) is 8.84. The summed E-state index contributed by atoms with van der Waals surface area (Å²) in [7, 11) is 0. The van der Waals surface area contributed by atoms with Gasteiger partial charge in [0.2, 0.25) is 5.88 Å². The summed E-state index contributed by atoms with van der Waals surface area (Å²) in [6.45, 7) is 4.55. The molecule has 230 valence electrons. The second-order valence-electron chi connectivity index (χ2n) is 12.1. The number of nitrogens with one attached hydrogen (secondary N) is 2. The van der Waals surface area contributed by atoms with Crippen LogP contribution in [0.15, 0.2) is 47.1 Å². The van der Waals surface area contributed by atoms with Crippen molar-refractivity contribution in [1.82, 2.24) is 15.2 Å². The maximum absolute atomic E-state index is 14.3. The summed E-state index contributed by atoms with van der Waals surface area (Å²) < 4.78 is 44.6. The Bertz CT molecular complexity index is 1590. The SMILES string of the molecule is C[C@H]1CN(CCC2(O)CCC(NC(=O)Oc3cc4c(OCc5coc6cc(F)cc(F)c56)cccc4[nH]3)CC2)CC[C@@H]1O. The molecule has 6 rings (SSSR count). The van der Waals surface area contributed by atoms with Gasteiger partial charge in [-0.3, -0.25) is 0 Å². The molecule has 3 heterocycles. The van der Waals surface area contributed by atoms with Gasteiger partial charge in [-0.05, 0) is 56.6 Å². The number of H-pyrrole nitrogens is 1. The first-order valence-electron chi connectivity index (χ1n) is 14.9. The molecule has 0 spiro atoms. The van der Waals surface area contributed by atoms with Crippen LogP contribution in [0.25, 0.3) is 21.9 Å².